The van der Waals surface area contributed by atoms with Crippen molar-refractivity contribution in [3.63, 3.8) is 0 Å². The van der Waals surface area contributed by atoms with E-state index in [1.165, 1.54) is 5.51 Å². The third kappa shape index (κ3) is 3.08. The number of halogens is 2. The van der Waals surface area contributed by atoms with E-state index in [0.29, 0.717) is 5.56 Å². The summed E-state index contributed by atoms with van der Waals surface area (Å²) in [5.41, 5.74) is 1.62. The van der Waals surface area contributed by atoms with Crippen LogP contribution in [0.1, 0.15) is 5.56 Å². The molecule has 0 aliphatic carbocycles. The molecular formula is C10H10F2N4O2S2. The maximum atomic E-state index is 13.7. The van der Waals surface area contributed by atoms with Crippen LogP contribution in [0.3, 0.4) is 0 Å². The Balaban J connectivity index is 2.44. The van der Waals surface area contributed by atoms with Crippen LogP contribution in [0.25, 0.3) is 0 Å². The van der Waals surface area contributed by atoms with Gasteiger partial charge in [-0.05, 0) is 24.7 Å². The van der Waals surface area contributed by atoms with Crippen LogP contribution in [0, 0.1) is 11.6 Å². The molecule has 0 fully saturated rings. The first-order chi connectivity index (χ1) is 9.44. The fourth-order valence-electron chi connectivity index (χ4n) is 1.51. The minimum absolute atomic E-state index is 0.0242. The van der Waals surface area contributed by atoms with Gasteiger partial charge in [-0.3, -0.25) is 4.72 Å². The normalized spacial score (nSPS) is 11.6. The lowest BCUT2D eigenvalue weighted by Gasteiger charge is -2.09. The highest BCUT2D eigenvalue weighted by Gasteiger charge is 2.24. The Bertz CT molecular complexity index is 704. The Labute approximate surface area is 117 Å². The lowest BCUT2D eigenvalue weighted by atomic mass is 10.2. The summed E-state index contributed by atoms with van der Waals surface area (Å²) in [5.74, 6) is -2.66. The molecule has 1 heterocycles. The highest BCUT2D eigenvalue weighted by atomic mass is 32.2. The first kappa shape index (κ1) is 14.8. The van der Waals surface area contributed by atoms with E-state index in [2.05, 4.69) is 15.5 Å². The van der Waals surface area contributed by atoms with E-state index in [9.17, 15) is 17.2 Å². The molecule has 0 radical (unpaired) electrons. The number of aromatic nitrogens is 2. The molecule has 2 N–H and O–H groups in total. The molecule has 0 amide bonds. The fourth-order valence-corrected chi connectivity index (χ4v) is 3.34. The quantitative estimate of drug-likeness (QED) is 0.868. The average Bonchev–Trinajstić information content (AvgIpc) is 2.85. The SMILES string of the molecule is CNCc1cc(F)c(F)c(S(=O)(=O)Nc2nncs2)c1. The molecule has 2 aromatic rings. The monoisotopic (exact) mass is 320 g/mol. The molecule has 10 heteroatoms. The van der Waals surface area contributed by atoms with Crippen molar-refractivity contribution in [2.75, 3.05) is 11.8 Å². The highest BCUT2D eigenvalue weighted by molar-refractivity contribution is 7.93. The number of anilines is 1. The van der Waals surface area contributed by atoms with Crippen LogP contribution in [-0.4, -0.2) is 25.7 Å². The van der Waals surface area contributed by atoms with Gasteiger partial charge in [0.25, 0.3) is 10.0 Å². The minimum Gasteiger partial charge on any atom is -0.316 e. The zero-order valence-corrected chi connectivity index (χ0v) is 11.9. The third-order valence-corrected chi connectivity index (χ3v) is 4.38. The maximum absolute atomic E-state index is 13.7. The van der Waals surface area contributed by atoms with Gasteiger partial charge in [0, 0.05) is 6.54 Å². The Kier molecular flexibility index (Phi) is 4.26. The molecule has 0 spiro atoms. The molecule has 0 atom stereocenters. The van der Waals surface area contributed by atoms with Crippen molar-refractivity contribution in [2.45, 2.75) is 11.4 Å². The van der Waals surface area contributed by atoms with Gasteiger partial charge in [0.1, 0.15) is 10.4 Å². The number of rotatable bonds is 5. The molecule has 0 unspecified atom stereocenters. The summed E-state index contributed by atoms with van der Waals surface area (Å²) in [5, 5.41) is 9.64. The van der Waals surface area contributed by atoms with Crippen molar-refractivity contribution in [3.05, 3.63) is 34.8 Å². The summed E-state index contributed by atoms with van der Waals surface area (Å²) < 4.78 is 53.3. The molecule has 6 nitrogen and oxygen atoms in total. The van der Waals surface area contributed by atoms with Gasteiger partial charge in [-0.1, -0.05) is 11.3 Å². The molecule has 108 valence electrons. The van der Waals surface area contributed by atoms with Crippen LogP contribution in [0.15, 0.2) is 22.5 Å². The van der Waals surface area contributed by atoms with Crippen LogP contribution in [-0.2, 0) is 16.6 Å². The molecule has 1 aromatic heterocycles. The minimum atomic E-state index is -4.26. The van der Waals surface area contributed by atoms with Crippen LogP contribution in [0.5, 0.6) is 0 Å². The first-order valence-electron chi connectivity index (χ1n) is 5.35. The largest absolute Gasteiger partial charge is 0.316 e. The van der Waals surface area contributed by atoms with E-state index in [0.717, 1.165) is 23.5 Å². The molecule has 0 aliphatic heterocycles. The van der Waals surface area contributed by atoms with E-state index in [4.69, 9.17) is 0 Å². The van der Waals surface area contributed by atoms with Crippen LogP contribution < -0.4 is 10.0 Å². The zero-order valence-electron chi connectivity index (χ0n) is 10.2. The van der Waals surface area contributed by atoms with E-state index in [1.54, 1.807) is 7.05 Å². The second-order valence-electron chi connectivity index (χ2n) is 3.77. The number of nitrogens with one attached hydrogen (secondary N) is 2. The first-order valence-corrected chi connectivity index (χ1v) is 7.72. The Hall–Kier alpha value is -1.65. The number of sulfonamides is 1. The van der Waals surface area contributed by atoms with Gasteiger partial charge in [-0.15, -0.1) is 10.2 Å². The molecule has 0 aliphatic rings. The lowest BCUT2D eigenvalue weighted by molar-refractivity contribution is 0.483. The fraction of sp³-hybridized carbons (Fsp3) is 0.200. The number of hydrogen-bond acceptors (Lipinski definition) is 6. The summed E-state index contributed by atoms with van der Waals surface area (Å²) in [6.45, 7) is 0.207. The predicted octanol–water partition coefficient (Wildman–Crippen LogP) is 1.34. The molecule has 0 bridgehead atoms. The third-order valence-electron chi connectivity index (χ3n) is 2.31. The topological polar surface area (TPSA) is 84.0 Å². The summed E-state index contributed by atoms with van der Waals surface area (Å²) in [4.78, 5) is -0.766. The van der Waals surface area contributed by atoms with Gasteiger partial charge in [0.05, 0.1) is 0 Å². The van der Waals surface area contributed by atoms with Crippen molar-refractivity contribution in [1.82, 2.24) is 15.5 Å². The summed E-state index contributed by atoms with van der Waals surface area (Å²) in [7, 11) is -2.66. The lowest BCUT2D eigenvalue weighted by Crippen LogP contribution is -2.16. The van der Waals surface area contributed by atoms with Gasteiger partial charge in [0.2, 0.25) is 5.13 Å². The Morgan fingerprint density at radius 1 is 1.35 bits per heavy atom. The van der Waals surface area contributed by atoms with E-state index < -0.39 is 26.6 Å². The van der Waals surface area contributed by atoms with Gasteiger partial charge in [-0.2, -0.15) is 0 Å². The van der Waals surface area contributed by atoms with Crippen molar-refractivity contribution in [2.24, 2.45) is 0 Å². The maximum Gasteiger partial charge on any atom is 0.266 e. The second kappa shape index (κ2) is 5.77. The Morgan fingerprint density at radius 2 is 2.10 bits per heavy atom. The van der Waals surface area contributed by atoms with Crippen molar-refractivity contribution < 1.29 is 17.2 Å². The standard InChI is InChI=1S/C10H10F2N4O2S2/c1-13-4-6-2-7(11)9(12)8(3-6)20(17,18)16-10-15-14-5-19-10/h2-3,5,13H,4H2,1H3,(H,15,16). The van der Waals surface area contributed by atoms with Gasteiger partial charge < -0.3 is 5.32 Å². The molecule has 1 aromatic carbocycles. The average molecular weight is 320 g/mol. The molecule has 0 saturated carbocycles. The summed E-state index contributed by atoms with van der Waals surface area (Å²) >= 11 is 0.928. The van der Waals surface area contributed by atoms with Crippen LogP contribution in [0.4, 0.5) is 13.9 Å². The van der Waals surface area contributed by atoms with Gasteiger partial charge >= 0.3 is 0 Å². The molecule has 2 rings (SSSR count). The molecule has 20 heavy (non-hydrogen) atoms. The molecular weight excluding hydrogens is 310 g/mol. The van der Waals surface area contributed by atoms with E-state index >= 15 is 0 Å². The smallest absolute Gasteiger partial charge is 0.266 e. The Morgan fingerprint density at radius 3 is 2.70 bits per heavy atom. The number of nitrogens with zero attached hydrogens (tertiary/aromatic N) is 2. The van der Waals surface area contributed by atoms with E-state index in [-0.39, 0.29) is 11.7 Å². The second-order valence-corrected chi connectivity index (χ2v) is 6.25. The van der Waals surface area contributed by atoms with Crippen LogP contribution in [0.2, 0.25) is 0 Å². The van der Waals surface area contributed by atoms with Crippen molar-refractivity contribution in [1.29, 1.82) is 0 Å². The highest BCUT2D eigenvalue weighted by Crippen LogP contribution is 2.23. The van der Waals surface area contributed by atoms with Crippen molar-refractivity contribution in [3.8, 4) is 0 Å². The number of hydrogen-bond donors (Lipinski definition) is 2. The van der Waals surface area contributed by atoms with Crippen LogP contribution >= 0.6 is 11.3 Å². The predicted molar refractivity (Wildman–Crippen MR) is 69.8 cm³/mol. The number of benzene rings is 1. The zero-order chi connectivity index (χ0) is 14.8. The molecule has 0 saturated heterocycles. The van der Waals surface area contributed by atoms with Gasteiger partial charge in [0.15, 0.2) is 11.6 Å². The summed E-state index contributed by atoms with van der Waals surface area (Å²) in [6.07, 6.45) is 0. The van der Waals surface area contributed by atoms with E-state index in [1.807, 2.05) is 4.72 Å². The summed E-state index contributed by atoms with van der Waals surface area (Å²) in [6, 6.07) is 2.01. The van der Waals surface area contributed by atoms with Gasteiger partial charge in [-0.25, -0.2) is 17.2 Å². The van der Waals surface area contributed by atoms with Crippen molar-refractivity contribution >= 4 is 26.5 Å².